The highest BCUT2D eigenvalue weighted by Gasteiger charge is 2.19. The summed E-state index contributed by atoms with van der Waals surface area (Å²) in [5.41, 5.74) is 3.65. The van der Waals surface area contributed by atoms with Gasteiger partial charge in [-0.1, -0.05) is 18.2 Å². The maximum absolute atomic E-state index is 13.3. The second kappa shape index (κ2) is 7.15. The smallest absolute Gasteiger partial charge is 0.274 e. The third-order valence-electron chi connectivity index (χ3n) is 4.58. The number of carbonyl (C=O) groups excluding carboxylic acids is 1. The zero-order valence-electron chi connectivity index (χ0n) is 14.5. The predicted octanol–water partition coefficient (Wildman–Crippen LogP) is 4.70. The Kier molecular flexibility index (Phi) is 4.54. The Bertz CT molecular complexity index is 1010. The van der Waals surface area contributed by atoms with Crippen molar-refractivity contribution < 1.29 is 13.6 Å². The summed E-state index contributed by atoms with van der Waals surface area (Å²) in [6, 6.07) is 15.0. The number of pyridine rings is 1. The summed E-state index contributed by atoms with van der Waals surface area (Å²) in [7, 11) is 0. The van der Waals surface area contributed by atoms with Crippen molar-refractivity contribution in [2.45, 2.75) is 12.8 Å². The molecule has 0 fully saturated rings. The first-order chi connectivity index (χ1) is 13.1. The minimum Gasteiger partial charge on any atom is -0.341 e. The predicted molar refractivity (Wildman–Crippen MR) is 100 cm³/mol. The monoisotopic (exact) mass is 365 g/mol. The quantitative estimate of drug-likeness (QED) is 0.732. The standard InChI is InChI=1S/C21H17F2N3O/c22-17-8-7-15(12-18(17)23)25-21(27)19-13-16(9-10-24-19)26-11-3-5-14-4-1-2-6-20(14)26/h1-2,4,6-10,12-13H,3,5,11H2,(H,25,27). The van der Waals surface area contributed by atoms with E-state index in [9.17, 15) is 13.6 Å². The van der Waals surface area contributed by atoms with E-state index in [1.165, 1.54) is 11.6 Å². The van der Waals surface area contributed by atoms with E-state index in [2.05, 4.69) is 27.3 Å². The van der Waals surface area contributed by atoms with Gasteiger partial charge in [-0.15, -0.1) is 0 Å². The van der Waals surface area contributed by atoms with Gasteiger partial charge in [-0.25, -0.2) is 8.78 Å². The van der Waals surface area contributed by atoms with Crippen LogP contribution < -0.4 is 10.2 Å². The van der Waals surface area contributed by atoms with Gasteiger partial charge in [-0.3, -0.25) is 9.78 Å². The molecule has 4 nitrogen and oxygen atoms in total. The number of aryl methyl sites for hydroxylation is 1. The summed E-state index contributed by atoms with van der Waals surface area (Å²) < 4.78 is 26.4. The average Bonchev–Trinajstić information content (AvgIpc) is 2.70. The highest BCUT2D eigenvalue weighted by atomic mass is 19.2. The number of halogens is 2. The lowest BCUT2D eigenvalue weighted by Crippen LogP contribution is -2.25. The van der Waals surface area contributed by atoms with Crippen LogP contribution in [-0.2, 0) is 6.42 Å². The molecule has 1 amide bonds. The molecule has 0 saturated heterocycles. The summed E-state index contributed by atoms with van der Waals surface area (Å²) in [5.74, 6) is -2.45. The summed E-state index contributed by atoms with van der Waals surface area (Å²) in [6.07, 6.45) is 3.63. The maximum Gasteiger partial charge on any atom is 0.274 e. The molecule has 0 spiro atoms. The van der Waals surface area contributed by atoms with Crippen LogP contribution >= 0.6 is 0 Å². The van der Waals surface area contributed by atoms with E-state index in [0.717, 1.165) is 42.9 Å². The Morgan fingerprint density at radius 2 is 1.89 bits per heavy atom. The second-order valence-electron chi connectivity index (χ2n) is 6.37. The van der Waals surface area contributed by atoms with Gasteiger partial charge in [0.05, 0.1) is 0 Å². The molecule has 1 aromatic heterocycles. The van der Waals surface area contributed by atoms with Crippen LogP contribution in [0.4, 0.5) is 25.8 Å². The molecule has 0 bridgehead atoms. The van der Waals surface area contributed by atoms with Crippen molar-refractivity contribution in [2.75, 3.05) is 16.8 Å². The lowest BCUT2D eigenvalue weighted by molar-refractivity contribution is 0.102. The first-order valence-corrected chi connectivity index (χ1v) is 8.70. The fourth-order valence-electron chi connectivity index (χ4n) is 3.28. The molecule has 3 aromatic rings. The molecule has 27 heavy (non-hydrogen) atoms. The largest absolute Gasteiger partial charge is 0.341 e. The lowest BCUT2D eigenvalue weighted by Gasteiger charge is -2.31. The molecule has 2 heterocycles. The average molecular weight is 365 g/mol. The molecule has 0 radical (unpaired) electrons. The number of hydrogen-bond acceptors (Lipinski definition) is 3. The molecular formula is C21H17F2N3O. The highest BCUT2D eigenvalue weighted by Crippen LogP contribution is 2.33. The van der Waals surface area contributed by atoms with Crippen LogP contribution in [0, 0.1) is 11.6 Å². The number of nitrogens with zero attached hydrogens (tertiary/aromatic N) is 2. The number of carbonyl (C=O) groups is 1. The molecule has 0 atom stereocenters. The molecule has 136 valence electrons. The minimum atomic E-state index is -1.01. The van der Waals surface area contributed by atoms with Crippen molar-refractivity contribution >= 4 is 23.0 Å². The second-order valence-corrected chi connectivity index (χ2v) is 6.37. The number of nitrogens with one attached hydrogen (secondary N) is 1. The maximum atomic E-state index is 13.3. The van der Waals surface area contributed by atoms with Gasteiger partial charge in [-0.05, 0) is 48.7 Å². The third-order valence-corrected chi connectivity index (χ3v) is 4.58. The fourth-order valence-corrected chi connectivity index (χ4v) is 3.28. The highest BCUT2D eigenvalue weighted by molar-refractivity contribution is 6.03. The SMILES string of the molecule is O=C(Nc1ccc(F)c(F)c1)c1cc(N2CCCc3ccccc32)ccn1. The summed E-state index contributed by atoms with van der Waals surface area (Å²) >= 11 is 0. The number of hydrogen-bond donors (Lipinski definition) is 1. The Hall–Kier alpha value is -3.28. The van der Waals surface area contributed by atoms with Gasteiger partial charge < -0.3 is 10.2 Å². The van der Waals surface area contributed by atoms with Crippen molar-refractivity contribution in [3.63, 3.8) is 0 Å². The molecule has 0 unspecified atom stereocenters. The molecule has 0 aliphatic carbocycles. The first kappa shape index (κ1) is 17.1. The van der Waals surface area contributed by atoms with E-state index in [1.807, 2.05) is 18.2 Å². The number of benzene rings is 2. The zero-order valence-corrected chi connectivity index (χ0v) is 14.5. The van der Waals surface area contributed by atoms with Crippen LogP contribution in [0.2, 0.25) is 0 Å². The molecule has 6 heteroatoms. The normalized spacial score (nSPS) is 13.2. The van der Waals surface area contributed by atoms with Crippen LogP contribution in [-0.4, -0.2) is 17.4 Å². The van der Waals surface area contributed by atoms with Gasteiger partial charge in [0, 0.05) is 35.9 Å². The minimum absolute atomic E-state index is 0.175. The number of para-hydroxylation sites is 1. The van der Waals surface area contributed by atoms with Gasteiger partial charge in [0.2, 0.25) is 0 Å². The summed E-state index contributed by atoms with van der Waals surface area (Å²) in [5, 5.41) is 2.55. The van der Waals surface area contributed by atoms with E-state index < -0.39 is 17.5 Å². The van der Waals surface area contributed by atoms with Gasteiger partial charge in [0.15, 0.2) is 11.6 Å². The van der Waals surface area contributed by atoms with Crippen LogP contribution in [0.25, 0.3) is 0 Å². The number of rotatable bonds is 3. The van der Waals surface area contributed by atoms with Crippen molar-refractivity contribution in [1.82, 2.24) is 4.98 Å². The topological polar surface area (TPSA) is 45.2 Å². The van der Waals surface area contributed by atoms with E-state index in [4.69, 9.17) is 0 Å². The van der Waals surface area contributed by atoms with Gasteiger partial charge in [-0.2, -0.15) is 0 Å². The van der Waals surface area contributed by atoms with E-state index >= 15 is 0 Å². The Morgan fingerprint density at radius 1 is 1.04 bits per heavy atom. The number of amides is 1. The van der Waals surface area contributed by atoms with Crippen molar-refractivity contribution in [2.24, 2.45) is 0 Å². The van der Waals surface area contributed by atoms with Crippen LogP contribution in [0.1, 0.15) is 22.5 Å². The summed E-state index contributed by atoms with van der Waals surface area (Å²) in [6.45, 7) is 0.852. The van der Waals surface area contributed by atoms with Crippen LogP contribution in [0.3, 0.4) is 0 Å². The Labute approximate surface area is 155 Å². The first-order valence-electron chi connectivity index (χ1n) is 8.70. The van der Waals surface area contributed by atoms with Crippen molar-refractivity contribution in [3.8, 4) is 0 Å². The lowest BCUT2D eigenvalue weighted by atomic mass is 10.0. The van der Waals surface area contributed by atoms with Crippen molar-refractivity contribution in [3.05, 3.63) is 83.7 Å². The number of anilines is 3. The van der Waals surface area contributed by atoms with E-state index in [1.54, 1.807) is 12.3 Å². The van der Waals surface area contributed by atoms with Gasteiger partial charge in [0.25, 0.3) is 5.91 Å². The molecule has 2 aromatic carbocycles. The molecule has 1 aliphatic rings. The molecule has 0 saturated carbocycles. The number of aromatic nitrogens is 1. The molecule has 1 aliphatic heterocycles. The van der Waals surface area contributed by atoms with Gasteiger partial charge >= 0.3 is 0 Å². The Balaban J connectivity index is 1.59. The number of fused-ring (bicyclic) bond motifs is 1. The van der Waals surface area contributed by atoms with Crippen LogP contribution in [0.5, 0.6) is 0 Å². The zero-order chi connectivity index (χ0) is 18.8. The Morgan fingerprint density at radius 3 is 2.74 bits per heavy atom. The van der Waals surface area contributed by atoms with E-state index in [0.29, 0.717) is 0 Å². The third kappa shape index (κ3) is 3.51. The van der Waals surface area contributed by atoms with Crippen LogP contribution in [0.15, 0.2) is 60.8 Å². The van der Waals surface area contributed by atoms with Crippen molar-refractivity contribution in [1.29, 1.82) is 0 Å². The molecule has 4 rings (SSSR count). The fraction of sp³-hybridized carbons (Fsp3) is 0.143. The molecule has 1 N–H and O–H groups in total. The molecular weight excluding hydrogens is 348 g/mol. The summed E-state index contributed by atoms with van der Waals surface area (Å²) in [4.78, 5) is 18.8. The van der Waals surface area contributed by atoms with Gasteiger partial charge in [0.1, 0.15) is 5.69 Å². The van der Waals surface area contributed by atoms with E-state index in [-0.39, 0.29) is 11.4 Å².